The first-order valence-electron chi connectivity index (χ1n) is 8.56. The van der Waals surface area contributed by atoms with Gasteiger partial charge in [0.15, 0.2) is 0 Å². The molecule has 2 aliphatic rings. The van der Waals surface area contributed by atoms with Crippen molar-refractivity contribution in [1.82, 2.24) is 19.7 Å². The number of aromatic nitrogens is 3. The van der Waals surface area contributed by atoms with Crippen molar-refractivity contribution >= 4 is 0 Å². The van der Waals surface area contributed by atoms with Crippen molar-refractivity contribution in [1.29, 1.82) is 0 Å². The van der Waals surface area contributed by atoms with Crippen LogP contribution in [0, 0.1) is 11.8 Å². The van der Waals surface area contributed by atoms with Gasteiger partial charge in [-0.2, -0.15) is 5.10 Å². The topological polar surface area (TPSA) is 60.2 Å². The standard InChI is InChI=1S/C18H22N4O2/c23-18-4-3-17(16-2-1-6-19-8-16)20-22(18)12-15-10-21(11-15)9-14-5-7-24-13-14/h1-4,6,8,14-15H,5,7,9-13H2. The monoisotopic (exact) mass is 326 g/mol. The van der Waals surface area contributed by atoms with Crippen LogP contribution in [0.5, 0.6) is 0 Å². The van der Waals surface area contributed by atoms with Gasteiger partial charge in [-0.1, -0.05) is 0 Å². The van der Waals surface area contributed by atoms with Crippen LogP contribution in [0.3, 0.4) is 0 Å². The molecule has 2 aromatic heterocycles. The molecule has 0 saturated carbocycles. The highest BCUT2D eigenvalue weighted by Gasteiger charge is 2.30. The van der Waals surface area contributed by atoms with Crippen LogP contribution in [-0.4, -0.2) is 52.5 Å². The van der Waals surface area contributed by atoms with Crippen molar-refractivity contribution in [2.75, 3.05) is 32.8 Å². The third kappa shape index (κ3) is 3.39. The number of hydrogen-bond donors (Lipinski definition) is 0. The van der Waals surface area contributed by atoms with Crippen molar-refractivity contribution in [2.24, 2.45) is 11.8 Å². The number of likely N-dealkylation sites (tertiary alicyclic amines) is 1. The third-order valence-electron chi connectivity index (χ3n) is 4.83. The Kier molecular flexibility index (Phi) is 4.40. The minimum Gasteiger partial charge on any atom is -0.381 e. The van der Waals surface area contributed by atoms with Crippen molar-refractivity contribution in [2.45, 2.75) is 13.0 Å². The van der Waals surface area contributed by atoms with Gasteiger partial charge in [0.05, 0.1) is 18.8 Å². The molecule has 4 heterocycles. The number of nitrogens with zero attached hydrogens (tertiary/aromatic N) is 4. The molecular weight excluding hydrogens is 304 g/mol. The van der Waals surface area contributed by atoms with Crippen LogP contribution in [0.15, 0.2) is 41.5 Å². The van der Waals surface area contributed by atoms with Gasteiger partial charge in [0.1, 0.15) is 0 Å². The molecule has 0 amide bonds. The SMILES string of the molecule is O=c1ccc(-c2cccnc2)nn1CC1CN(CC2CCOC2)C1. The van der Waals surface area contributed by atoms with E-state index < -0.39 is 0 Å². The number of pyridine rings is 1. The van der Waals surface area contributed by atoms with Crippen LogP contribution in [0.25, 0.3) is 11.3 Å². The lowest BCUT2D eigenvalue weighted by Gasteiger charge is -2.40. The molecule has 4 rings (SSSR count). The maximum atomic E-state index is 12.1. The van der Waals surface area contributed by atoms with Crippen LogP contribution in [0.1, 0.15) is 6.42 Å². The van der Waals surface area contributed by atoms with E-state index in [1.807, 2.05) is 12.1 Å². The maximum Gasteiger partial charge on any atom is 0.266 e. The summed E-state index contributed by atoms with van der Waals surface area (Å²) in [5.41, 5.74) is 1.69. The normalized spacial score (nSPS) is 21.8. The Hall–Kier alpha value is -2.05. The highest BCUT2D eigenvalue weighted by molar-refractivity contribution is 5.56. The molecule has 0 spiro atoms. The van der Waals surface area contributed by atoms with Crippen LogP contribution < -0.4 is 5.56 Å². The van der Waals surface area contributed by atoms with Crippen LogP contribution in [-0.2, 0) is 11.3 Å². The van der Waals surface area contributed by atoms with E-state index >= 15 is 0 Å². The van der Waals surface area contributed by atoms with Gasteiger partial charge in [-0.05, 0) is 30.5 Å². The summed E-state index contributed by atoms with van der Waals surface area (Å²) in [6, 6.07) is 7.20. The molecule has 6 heteroatoms. The van der Waals surface area contributed by atoms with Crippen LogP contribution in [0.2, 0.25) is 0 Å². The second kappa shape index (κ2) is 6.83. The molecule has 24 heavy (non-hydrogen) atoms. The summed E-state index contributed by atoms with van der Waals surface area (Å²) >= 11 is 0. The van der Waals surface area contributed by atoms with E-state index in [-0.39, 0.29) is 5.56 Å². The molecular formula is C18H22N4O2. The second-order valence-corrected chi connectivity index (χ2v) is 6.79. The Bertz CT molecular complexity index is 734. The van der Waals surface area contributed by atoms with Crippen molar-refractivity contribution in [3.63, 3.8) is 0 Å². The fourth-order valence-corrected chi connectivity index (χ4v) is 3.53. The summed E-state index contributed by atoms with van der Waals surface area (Å²) < 4.78 is 7.03. The predicted molar refractivity (Wildman–Crippen MR) is 90.6 cm³/mol. The largest absolute Gasteiger partial charge is 0.381 e. The summed E-state index contributed by atoms with van der Waals surface area (Å²) in [5.74, 6) is 1.18. The Morgan fingerprint density at radius 3 is 2.83 bits per heavy atom. The minimum absolute atomic E-state index is 0.0368. The molecule has 126 valence electrons. The molecule has 6 nitrogen and oxygen atoms in total. The number of rotatable bonds is 5. The average molecular weight is 326 g/mol. The third-order valence-corrected chi connectivity index (χ3v) is 4.83. The van der Waals surface area contributed by atoms with E-state index in [0.29, 0.717) is 18.4 Å². The number of ether oxygens (including phenoxy) is 1. The highest BCUT2D eigenvalue weighted by Crippen LogP contribution is 2.22. The Morgan fingerprint density at radius 2 is 2.08 bits per heavy atom. The van der Waals surface area contributed by atoms with Gasteiger partial charge in [0.25, 0.3) is 5.56 Å². The molecule has 2 saturated heterocycles. The quantitative estimate of drug-likeness (QED) is 0.828. The summed E-state index contributed by atoms with van der Waals surface area (Å²) in [6.45, 7) is 5.69. The lowest BCUT2D eigenvalue weighted by molar-refractivity contribution is 0.0638. The smallest absolute Gasteiger partial charge is 0.266 e. The van der Waals surface area contributed by atoms with Crippen molar-refractivity contribution in [3.8, 4) is 11.3 Å². The Labute approximate surface area is 141 Å². The summed E-state index contributed by atoms with van der Waals surface area (Å²) in [6.07, 6.45) is 4.68. The van der Waals surface area contributed by atoms with Gasteiger partial charge in [0.2, 0.25) is 0 Å². The minimum atomic E-state index is -0.0368. The first kappa shape index (κ1) is 15.5. The molecule has 1 unspecified atom stereocenters. The molecule has 2 fully saturated rings. The van der Waals surface area contributed by atoms with Gasteiger partial charge in [-0.25, -0.2) is 4.68 Å². The lowest BCUT2D eigenvalue weighted by atomic mass is 9.97. The highest BCUT2D eigenvalue weighted by atomic mass is 16.5. The van der Waals surface area contributed by atoms with Gasteiger partial charge in [0, 0.05) is 56.2 Å². The molecule has 0 bridgehead atoms. The summed E-state index contributed by atoms with van der Waals surface area (Å²) in [4.78, 5) is 18.7. The molecule has 1 atom stereocenters. The molecule has 2 aromatic rings. The van der Waals surface area contributed by atoms with Crippen molar-refractivity contribution in [3.05, 3.63) is 47.0 Å². The van der Waals surface area contributed by atoms with E-state index in [0.717, 1.165) is 44.1 Å². The van der Waals surface area contributed by atoms with Gasteiger partial charge in [-0.3, -0.25) is 9.78 Å². The average Bonchev–Trinajstić information content (AvgIpc) is 3.08. The first-order valence-corrected chi connectivity index (χ1v) is 8.56. The Morgan fingerprint density at radius 1 is 1.17 bits per heavy atom. The zero-order valence-electron chi connectivity index (χ0n) is 13.7. The fraction of sp³-hybridized carbons (Fsp3) is 0.500. The number of hydrogen-bond acceptors (Lipinski definition) is 5. The molecule has 0 aliphatic carbocycles. The van der Waals surface area contributed by atoms with Crippen LogP contribution in [0.4, 0.5) is 0 Å². The van der Waals surface area contributed by atoms with E-state index in [2.05, 4.69) is 15.0 Å². The van der Waals surface area contributed by atoms with E-state index in [1.165, 1.54) is 6.42 Å². The van der Waals surface area contributed by atoms with Gasteiger partial charge < -0.3 is 9.64 Å². The van der Waals surface area contributed by atoms with Crippen molar-refractivity contribution < 1.29 is 4.74 Å². The maximum absolute atomic E-state index is 12.1. The van der Waals surface area contributed by atoms with E-state index in [9.17, 15) is 4.79 Å². The zero-order valence-corrected chi connectivity index (χ0v) is 13.7. The first-order chi connectivity index (χ1) is 11.8. The van der Waals surface area contributed by atoms with Gasteiger partial charge in [-0.15, -0.1) is 0 Å². The summed E-state index contributed by atoms with van der Waals surface area (Å²) in [5, 5.41) is 4.52. The van der Waals surface area contributed by atoms with Gasteiger partial charge >= 0.3 is 0 Å². The Balaban J connectivity index is 1.38. The van der Waals surface area contributed by atoms with E-state index in [4.69, 9.17) is 4.74 Å². The second-order valence-electron chi connectivity index (χ2n) is 6.79. The predicted octanol–water partition coefficient (Wildman–Crippen LogP) is 1.27. The zero-order chi connectivity index (χ0) is 16.4. The van der Waals surface area contributed by atoms with E-state index in [1.54, 1.807) is 29.2 Å². The lowest BCUT2D eigenvalue weighted by Crippen LogP contribution is -2.51. The molecule has 2 aliphatic heterocycles. The molecule has 0 aromatic carbocycles. The van der Waals surface area contributed by atoms with Crippen LogP contribution >= 0.6 is 0 Å². The fourth-order valence-electron chi connectivity index (χ4n) is 3.53. The molecule has 0 N–H and O–H groups in total. The molecule has 0 radical (unpaired) electrons. The summed E-state index contributed by atoms with van der Waals surface area (Å²) in [7, 11) is 0.